The van der Waals surface area contributed by atoms with Crippen molar-refractivity contribution >= 4 is 11.9 Å². The maximum absolute atomic E-state index is 11.3. The van der Waals surface area contributed by atoms with E-state index < -0.39 is 5.91 Å². The summed E-state index contributed by atoms with van der Waals surface area (Å²) in [6, 6.07) is 10.1. The zero-order chi connectivity index (χ0) is 26.1. The number of amides is 1. The van der Waals surface area contributed by atoms with Gasteiger partial charge in [-0.3, -0.25) is 9.59 Å². The number of hydrogen-bond donors (Lipinski definition) is 3. The molecule has 10 heteroatoms. The van der Waals surface area contributed by atoms with Gasteiger partial charge < -0.3 is 34.9 Å². The lowest BCUT2D eigenvalue weighted by molar-refractivity contribution is -0.152. The standard InChI is InChI=1S/C12H22O4.C7H8N2O3.C6H6O/c1-3-6-15-11-8-10(2)16-12(13)5-4-7-14-9-11;1-12-4-2-3-9-5(6(4)10)7(8)11;7-6-4-2-1-3-5-6/h10-11H,3-9H2,1-2H3;2-3,10H,1H3,(H2,8,11);1-5,7H. The molecule has 0 radical (unpaired) electrons. The number of primary amides is 1. The lowest BCUT2D eigenvalue weighted by atomic mass is 10.1. The largest absolute Gasteiger partial charge is 0.508 e. The molecule has 1 amide bonds. The second-order valence-corrected chi connectivity index (χ2v) is 7.62. The van der Waals surface area contributed by atoms with Crippen molar-refractivity contribution in [1.82, 2.24) is 4.98 Å². The highest BCUT2D eigenvalue weighted by Crippen LogP contribution is 2.26. The number of methoxy groups -OCH3 is 1. The molecule has 2 heterocycles. The van der Waals surface area contributed by atoms with Gasteiger partial charge in [0.1, 0.15) is 11.9 Å². The lowest BCUT2D eigenvalue weighted by Crippen LogP contribution is -2.29. The molecule has 0 spiro atoms. The van der Waals surface area contributed by atoms with E-state index in [2.05, 4.69) is 11.9 Å². The van der Waals surface area contributed by atoms with Crippen LogP contribution in [0.1, 0.15) is 50.0 Å². The number of ether oxygens (including phenoxy) is 4. The average Bonchev–Trinajstić information content (AvgIpc) is 2.83. The molecule has 0 bridgehead atoms. The summed E-state index contributed by atoms with van der Waals surface area (Å²) in [5.41, 5.74) is 4.74. The first-order chi connectivity index (χ1) is 16.8. The number of para-hydroxylation sites is 1. The molecule has 0 saturated carbocycles. The van der Waals surface area contributed by atoms with E-state index in [4.69, 9.17) is 29.8 Å². The maximum atomic E-state index is 11.3. The molecule has 10 nitrogen and oxygen atoms in total. The zero-order valence-electron chi connectivity index (χ0n) is 20.5. The fraction of sp³-hybridized carbons (Fsp3) is 0.480. The first kappa shape index (κ1) is 29.7. The van der Waals surface area contributed by atoms with Crippen LogP contribution in [0.2, 0.25) is 0 Å². The van der Waals surface area contributed by atoms with E-state index >= 15 is 0 Å². The third kappa shape index (κ3) is 12.6. The Hall–Kier alpha value is -3.37. The number of aromatic hydroxyl groups is 2. The number of pyridine rings is 1. The molecule has 1 aromatic heterocycles. The van der Waals surface area contributed by atoms with Crippen LogP contribution < -0.4 is 10.5 Å². The molecule has 4 N–H and O–H groups in total. The molecule has 0 aliphatic carbocycles. The van der Waals surface area contributed by atoms with E-state index in [0.29, 0.717) is 31.8 Å². The van der Waals surface area contributed by atoms with Gasteiger partial charge in [-0.15, -0.1) is 0 Å². The van der Waals surface area contributed by atoms with Crippen LogP contribution in [0.4, 0.5) is 0 Å². The highest BCUT2D eigenvalue weighted by molar-refractivity contribution is 5.94. The minimum absolute atomic E-state index is 0.0425. The Morgan fingerprint density at radius 2 is 1.94 bits per heavy atom. The van der Waals surface area contributed by atoms with Gasteiger partial charge in [-0.25, -0.2) is 4.98 Å². The van der Waals surface area contributed by atoms with Gasteiger partial charge in [0, 0.05) is 38.3 Å². The Labute approximate surface area is 206 Å². The van der Waals surface area contributed by atoms with E-state index in [0.717, 1.165) is 19.4 Å². The second-order valence-electron chi connectivity index (χ2n) is 7.62. The molecular weight excluding hydrogens is 456 g/mol. The summed E-state index contributed by atoms with van der Waals surface area (Å²) in [7, 11) is 1.37. The number of phenolic OH excluding ortho intramolecular Hbond substituents is 1. The molecule has 1 aliphatic rings. The fourth-order valence-corrected chi connectivity index (χ4v) is 2.91. The number of cyclic esters (lactones) is 1. The number of carbonyl (C=O) groups is 2. The molecule has 2 unspecified atom stereocenters. The summed E-state index contributed by atoms with van der Waals surface area (Å²) in [6.07, 6.45) is 4.17. The van der Waals surface area contributed by atoms with Crippen LogP contribution in [-0.4, -0.2) is 66.2 Å². The van der Waals surface area contributed by atoms with Crippen molar-refractivity contribution in [2.24, 2.45) is 5.73 Å². The van der Waals surface area contributed by atoms with Crippen LogP contribution in [0.3, 0.4) is 0 Å². The third-order valence-electron chi connectivity index (χ3n) is 4.56. The lowest BCUT2D eigenvalue weighted by Gasteiger charge is -2.23. The Bertz CT molecular complexity index is 879. The number of hydrogen-bond acceptors (Lipinski definition) is 9. The highest BCUT2D eigenvalue weighted by Gasteiger charge is 2.19. The van der Waals surface area contributed by atoms with Gasteiger partial charge in [0.15, 0.2) is 17.2 Å². The second kappa shape index (κ2) is 17.1. The number of nitrogens with two attached hydrogens (primary N) is 1. The van der Waals surface area contributed by atoms with Crippen LogP contribution in [-0.2, 0) is 19.0 Å². The van der Waals surface area contributed by atoms with Gasteiger partial charge in [0.05, 0.1) is 19.8 Å². The van der Waals surface area contributed by atoms with E-state index in [1.54, 1.807) is 24.3 Å². The number of benzene rings is 1. The minimum Gasteiger partial charge on any atom is -0.508 e. The van der Waals surface area contributed by atoms with Crippen molar-refractivity contribution in [1.29, 1.82) is 0 Å². The van der Waals surface area contributed by atoms with Crippen molar-refractivity contribution in [3.05, 3.63) is 48.3 Å². The molecule has 2 aromatic rings. The van der Waals surface area contributed by atoms with Gasteiger partial charge >= 0.3 is 5.97 Å². The summed E-state index contributed by atoms with van der Waals surface area (Å²) in [4.78, 5) is 25.5. The van der Waals surface area contributed by atoms with E-state index in [9.17, 15) is 14.7 Å². The minimum atomic E-state index is -0.786. The van der Waals surface area contributed by atoms with E-state index in [-0.39, 0.29) is 35.4 Å². The molecule has 1 fully saturated rings. The number of carbonyl (C=O) groups excluding carboxylic acids is 2. The monoisotopic (exact) mass is 492 g/mol. The number of aromatic nitrogens is 1. The maximum Gasteiger partial charge on any atom is 0.306 e. The van der Waals surface area contributed by atoms with Gasteiger partial charge in [-0.05, 0) is 31.9 Å². The third-order valence-corrected chi connectivity index (χ3v) is 4.56. The Morgan fingerprint density at radius 3 is 2.51 bits per heavy atom. The SMILES string of the molecule is CCCOC1COCCCC(=O)OC(C)C1.COc1ccnc(C(N)=O)c1O.Oc1ccccc1. The molecule has 194 valence electrons. The van der Waals surface area contributed by atoms with E-state index in [1.165, 1.54) is 19.4 Å². The van der Waals surface area contributed by atoms with Crippen molar-refractivity contribution in [3.8, 4) is 17.2 Å². The predicted molar refractivity (Wildman–Crippen MR) is 129 cm³/mol. The molecule has 35 heavy (non-hydrogen) atoms. The van der Waals surface area contributed by atoms with Gasteiger partial charge in [0.2, 0.25) is 0 Å². The quantitative estimate of drug-likeness (QED) is 0.535. The van der Waals surface area contributed by atoms with Crippen LogP contribution in [0, 0.1) is 0 Å². The van der Waals surface area contributed by atoms with Crippen LogP contribution in [0.5, 0.6) is 17.2 Å². The van der Waals surface area contributed by atoms with Crippen molar-refractivity contribution in [3.63, 3.8) is 0 Å². The summed E-state index contributed by atoms with van der Waals surface area (Å²) in [5.74, 6) is -0.743. The Morgan fingerprint density at radius 1 is 1.23 bits per heavy atom. The number of rotatable bonds is 5. The summed E-state index contributed by atoms with van der Waals surface area (Å²) < 4.78 is 21.1. The molecule has 3 rings (SSSR count). The smallest absolute Gasteiger partial charge is 0.306 e. The number of phenols is 1. The number of esters is 1. The van der Waals surface area contributed by atoms with Crippen molar-refractivity contribution in [2.75, 3.05) is 26.9 Å². The van der Waals surface area contributed by atoms with Crippen molar-refractivity contribution < 1.29 is 38.7 Å². The van der Waals surface area contributed by atoms with Gasteiger partial charge in [0.25, 0.3) is 5.91 Å². The van der Waals surface area contributed by atoms with Crippen LogP contribution >= 0.6 is 0 Å². The van der Waals surface area contributed by atoms with Crippen LogP contribution in [0.15, 0.2) is 42.6 Å². The Kier molecular flexibility index (Phi) is 14.5. The van der Waals surface area contributed by atoms with E-state index in [1.807, 2.05) is 13.0 Å². The summed E-state index contributed by atoms with van der Waals surface area (Å²) in [6.45, 7) is 5.92. The molecule has 2 atom stereocenters. The topological polar surface area (TPSA) is 150 Å². The Balaban J connectivity index is 0.000000282. The summed E-state index contributed by atoms with van der Waals surface area (Å²) in [5, 5.41) is 17.9. The predicted octanol–water partition coefficient (Wildman–Crippen LogP) is 3.20. The van der Waals surface area contributed by atoms with Gasteiger partial charge in [-0.1, -0.05) is 25.1 Å². The fourth-order valence-electron chi connectivity index (χ4n) is 2.91. The average molecular weight is 493 g/mol. The summed E-state index contributed by atoms with van der Waals surface area (Å²) >= 11 is 0. The van der Waals surface area contributed by atoms with Crippen molar-refractivity contribution in [2.45, 2.75) is 51.7 Å². The normalized spacial score (nSPS) is 18.0. The zero-order valence-corrected chi connectivity index (χ0v) is 20.5. The highest BCUT2D eigenvalue weighted by atomic mass is 16.6. The number of nitrogens with zero attached hydrogens (tertiary/aromatic N) is 1. The molecule has 1 aromatic carbocycles. The molecule has 1 saturated heterocycles. The molecule has 1 aliphatic heterocycles. The molecular formula is C25H36N2O8. The van der Waals surface area contributed by atoms with Gasteiger partial charge in [-0.2, -0.15) is 0 Å². The first-order valence-electron chi connectivity index (χ1n) is 11.4. The van der Waals surface area contributed by atoms with Crippen LogP contribution in [0.25, 0.3) is 0 Å². The first-order valence-corrected chi connectivity index (χ1v) is 11.4.